The van der Waals surface area contributed by atoms with Gasteiger partial charge in [-0.25, -0.2) is 4.98 Å². The van der Waals surface area contributed by atoms with Gasteiger partial charge in [-0.05, 0) is 26.1 Å². The van der Waals surface area contributed by atoms with E-state index in [1.165, 1.54) is 0 Å². The predicted molar refractivity (Wildman–Crippen MR) is 107 cm³/mol. The molecule has 1 aliphatic rings. The van der Waals surface area contributed by atoms with Crippen LogP contribution in [0, 0.1) is 0 Å². The van der Waals surface area contributed by atoms with Gasteiger partial charge in [-0.15, -0.1) is 11.3 Å². The fourth-order valence-corrected chi connectivity index (χ4v) is 4.32. The number of aromatic nitrogens is 1. The minimum absolute atomic E-state index is 0.193. The number of ether oxygens (including phenoxy) is 4. The Labute approximate surface area is 165 Å². The maximum atomic E-state index is 6.01. The molecule has 2 aromatic rings. The molecular formula is C20H28N2O4S. The Morgan fingerprint density at radius 2 is 2.15 bits per heavy atom. The second kappa shape index (κ2) is 9.01. The summed E-state index contributed by atoms with van der Waals surface area (Å²) in [4.78, 5) is 7.07. The summed E-state index contributed by atoms with van der Waals surface area (Å²) in [5, 5.41) is 3.05. The fourth-order valence-electron chi connectivity index (χ4n) is 3.48. The van der Waals surface area contributed by atoms with Crippen LogP contribution in [0.15, 0.2) is 23.6 Å². The van der Waals surface area contributed by atoms with Crippen LogP contribution in [0.2, 0.25) is 0 Å². The Balaban J connectivity index is 1.69. The second-order valence-corrected chi connectivity index (χ2v) is 7.66. The third-order valence-corrected chi connectivity index (χ3v) is 5.62. The summed E-state index contributed by atoms with van der Waals surface area (Å²) >= 11 is 1.63. The molecule has 3 rings (SSSR count). The van der Waals surface area contributed by atoms with Crippen molar-refractivity contribution in [3.63, 3.8) is 0 Å². The van der Waals surface area contributed by atoms with E-state index in [9.17, 15) is 0 Å². The molecule has 1 atom stereocenters. The van der Waals surface area contributed by atoms with Crippen molar-refractivity contribution >= 4 is 11.3 Å². The van der Waals surface area contributed by atoms with Crippen molar-refractivity contribution < 1.29 is 18.9 Å². The van der Waals surface area contributed by atoms with E-state index in [1.807, 2.05) is 25.1 Å². The van der Waals surface area contributed by atoms with E-state index in [0.717, 1.165) is 53.9 Å². The summed E-state index contributed by atoms with van der Waals surface area (Å²) in [6.07, 6.45) is 0.941. The van der Waals surface area contributed by atoms with Gasteiger partial charge in [-0.1, -0.05) is 0 Å². The van der Waals surface area contributed by atoms with Crippen LogP contribution in [-0.4, -0.2) is 63.1 Å². The Hall–Kier alpha value is -1.67. The van der Waals surface area contributed by atoms with Crippen molar-refractivity contribution in [2.45, 2.75) is 25.5 Å². The normalized spacial score (nSPS) is 19.6. The van der Waals surface area contributed by atoms with Crippen LogP contribution in [0.4, 0.5) is 0 Å². The maximum Gasteiger partial charge on any atom is 0.132 e. The average Bonchev–Trinajstić information content (AvgIpc) is 3.31. The maximum absolute atomic E-state index is 6.01. The molecule has 1 aromatic heterocycles. The summed E-state index contributed by atoms with van der Waals surface area (Å²) in [7, 11) is 5.42. The summed E-state index contributed by atoms with van der Waals surface area (Å²) in [5.41, 5.74) is 1.83. The van der Waals surface area contributed by atoms with Gasteiger partial charge in [0.05, 0.1) is 32.1 Å². The van der Waals surface area contributed by atoms with E-state index in [0.29, 0.717) is 13.2 Å². The van der Waals surface area contributed by atoms with Gasteiger partial charge in [0.2, 0.25) is 0 Å². The molecule has 6 nitrogen and oxygen atoms in total. The van der Waals surface area contributed by atoms with E-state index >= 15 is 0 Å². The highest BCUT2D eigenvalue weighted by molar-refractivity contribution is 7.13. The topological polar surface area (TPSA) is 53.1 Å². The molecule has 1 fully saturated rings. The first kappa shape index (κ1) is 20.1. The zero-order chi connectivity index (χ0) is 19.3. The lowest BCUT2D eigenvalue weighted by Gasteiger charge is -2.31. The lowest BCUT2D eigenvalue weighted by molar-refractivity contribution is -0.0612. The lowest BCUT2D eigenvalue weighted by atomic mass is 10.0. The number of benzene rings is 1. The SMILES string of the molecule is CCOC1(CN(C)Cc2csc(-c3ccc(OC)cc3OC)n2)CCOC1. The fraction of sp³-hybridized carbons (Fsp3) is 0.550. The molecule has 0 aliphatic carbocycles. The molecular weight excluding hydrogens is 364 g/mol. The summed E-state index contributed by atoms with van der Waals surface area (Å²) in [6.45, 7) is 5.77. The third-order valence-electron chi connectivity index (χ3n) is 4.70. The van der Waals surface area contributed by atoms with Crippen LogP contribution in [0.3, 0.4) is 0 Å². The molecule has 2 heterocycles. The smallest absolute Gasteiger partial charge is 0.132 e. The highest BCUT2D eigenvalue weighted by atomic mass is 32.1. The lowest BCUT2D eigenvalue weighted by Crippen LogP contribution is -2.44. The zero-order valence-corrected chi connectivity index (χ0v) is 17.3. The number of nitrogens with zero attached hydrogens (tertiary/aromatic N) is 2. The molecule has 148 valence electrons. The van der Waals surface area contributed by atoms with E-state index in [1.54, 1.807) is 25.6 Å². The van der Waals surface area contributed by atoms with Gasteiger partial charge in [0, 0.05) is 44.2 Å². The van der Waals surface area contributed by atoms with E-state index in [2.05, 4.69) is 17.3 Å². The molecule has 0 spiro atoms. The monoisotopic (exact) mass is 392 g/mol. The number of likely N-dealkylation sites (N-methyl/N-ethyl adjacent to an activating group) is 1. The molecule has 0 N–H and O–H groups in total. The van der Waals surface area contributed by atoms with E-state index in [-0.39, 0.29) is 5.60 Å². The first-order chi connectivity index (χ1) is 13.1. The molecule has 7 heteroatoms. The molecule has 1 aliphatic heterocycles. The van der Waals surface area contributed by atoms with Gasteiger partial charge in [0.25, 0.3) is 0 Å². The number of hydrogen-bond donors (Lipinski definition) is 0. The third kappa shape index (κ3) is 4.79. The number of methoxy groups -OCH3 is 2. The average molecular weight is 393 g/mol. The van der Waals surface area contributed by atoms with Crippen LogP contribution in [0.25, 0.3) is 10.6 Å². The number of rotatable bonds is 9. The number of thiazole rings is 1. The molecule has 0 bridgehead atoms. The Morgan fingerprint density at radius 3 is 2.81 bits per heavy atom. The Kier molecular flexibility index (Phi) is 6.70. The van der Waals surface area contributed by atoms with Gasteiger partial charge in [-0.3, -0.25) is 4.90 Å². The van der Waals surface area contributed by atoms with Gasteiger partial charge in [-0.2, -0.15) is 0 Å². The number of hydrogen-bond acceptors (Lipinski definition) is 7. The van der Waals surface area contributed by atoms with Crippen molar-refractivity contribution in [1.29, 1.82) is 0 Å². The van der Waals surface area contributed by atoms with Crippen LogP contribution >= 0.6 is 11.3 Å². The largest absolute Gasteiger partial charge is 0.497 e. The summed E-state index contributed by atoms with van der Waals surface area (Å²) < 4.78 is 22.4. The van der Waals surface area contributed by atoms with Gasteiger partial charge >= 0.3 is 0 Å². The van der Waals surface area contributed by atoms with E-state index in [4.69, 9.17) is 23.9 Å². The van der Waals surface area contributed by atoms with Gasteiger partial charge in [0.15, 0.2) is 0 Å². The first-order valence-corrected chi connectivity index (χ1v) is 10.0. The quantitative estimate of drug-likeness (QED) is 0.651. The molecule has 0 radical (unpaired) electrons. The highest BCUT2D eigenvalue weighted by Crippen LogP contribution is 2.35. The Bertz CT molecular complexity index is 743. The van der Waals surface area contributed by atoms with Crippen LogP contribution in [0.5, 0.6) is 11.5 Å². The standard InChI is InChI=1S/C20H28N2O4S/c1-5-26-20(8-9-25-14-20)13-22(2)11-15-12-27-19(21-15)17-7-6-16(23-3)10-18(17)24-4/h6-7,10,12H,5,8-9,11,13-14H2,1-4H3. The summed E-state index contributed by atoms with van der Waals surface area (Å²) in [6, 6.07) is 5.80. The molecule has 1 unspecified atom stereocenters. The summed E-state index contributed by atoms with van der Waals surface area (Å²) in [5.74, 6) is 1.54. The highest BCUT2D eigenvalue weighted by Gasteiger charge is 2.36. The van der Waals surface area contributed by atoms with Crippen molar-refractivity contribution in [1.82, 2.24) is 9.88 Å². The Morgan fingerprint density at radius 1 is 1.30 bits per heavy atom. The van der Waals surface area contributed by atoms with Crippen LogP contribution in [-0.2, 0) is 16.0 Å². The molecule has 0 saturated carbocycles. The molecule has 27 heavy (non-hydrogen) atoms. The van der Waals surface area contributed by atoms with Crippen molar-refractivity contribution in [3.05, 3.63) is 29.3 Å². The van der Waals surface area contributed by atoms with E-state index < -0.39 is 0 Å². The van der Waals surface area contributed by atoms with Crippen molar-refractivity contribution in [2.24, 2.45) is 0 Å². The second-order valence-electron chi connectivity index (χ2n) is 6.80. The van der Waals surface area contributed by atoms with Crippen molar-refractivity contribution in [3.8, 4) is 22.1 Å². The minimum atomic E-state index is -0.193. The van der Waals surface area contributed by atoms with Gasteiger partial charge in [0.1, 0.15) is 22.1 Å². The van der Waals surface area contributed by atoms with Crippen LogP contribution < -0.4 is 9.47 Å². The molecule has 0 amide bonds. The van der Waals surface area contributed by atoms with Crippen molar-refractivity contribution in [2.75, 3.05) is 47.6 Å². The van der Waals surface area contributed by atoms with Gasteiger partial charge < -0.3 is 18.9 Å². The molecule has 1 aromatic carbocycles. The first-order valence-electron chi connectivity index (χ1n) is 9.16. The minimum Gasteiger partial charge on any atom is -0.497 e. The predicted octanol–water partition coefficient (Wildman–Crippen LogP) is 3.45. The van der Waals surface area contributed by atoms with Crippen LogP contribution in [0.1, 0.15) is 19.0 Å². The zero-order valence-electron chi connectivity index (χ0n) is 16.5. The molecule has 1 saturated heterocycles.